The Hall–Kier alpha value is -1.08. The topological polar surface area (TPSA) is 20.2 Å². The van der Waals surface area contributed by atoms with Crippen molar-refractivity contribution in [3.05, 3.63) is 47.0 Å². The van der Waals surface area contributed by atoms with E-state index in [1.807, 2.05) is 19.9 Å². The molecule has 1 heteroatoms. The van der Waals surface area contributed by atoms with Crippen molar-refractivity contribution >= 4 is 0 Å². The number of aliphatic hydroxyl groups excluding tert-OH is 1. The fourth-order valence-corrected chi connectivity index (χ4v) is 2.22. The maximum Gasteiger partial charge on any atom is 0.0998 e. The largest absolute Gasteiger partial charge is 0.384 e. The minimum atomic E-state index is -0.455. The first kappa shape index (κ1) is 16.0. The van der Waals surface area contributed by atoms with E-state index in [1.165, 1.54) is 37.7 Å². The van der Waals surface area contributed by atoms with Crippen molar-refractivity contribution in [2.45, 2.75) is 65.4 Å². The van der Waals surface area contributed by atoms with Crippen molar-refractivity contribution in [3.8, 4) is 0 Å². The molecule has 0 radical (unpaired) electrons. The van der Waals surface area contributed by atoms with Crippen molar-refractivity contribution in [2.75, 3.05) is 0 Å². The molecular formula is C18H28O. The third-order valence-electron chi connectivity index (χ3n) is 3.75. The Morgan fingerprint density at radius 3 is 2.32 bits per heavy atom. The van der Waals surface area contributed by atoms with E-state index in [1.54, 1.807) is 0 Å². The zero-order valence-corrected chi connectivity index (χ0v) is 12.7. The monoisotopic (exact) mass is 260 g/mol. The second-order valence-electron chi connectivity index (χ2n) is 5.34. The van der Waals surface area contributed by atoms with Crippen LogP contribution in [0.3, 0.4) is 0 Å². The van der Waals surface area contributed by atoms with Crippen LogP contribution in [-0.2, 0) is 6.42 Å². The number of hydrogen-bond acceptors (Lipinski definition) is 1. The van der Waals surface area contributed by atoms with Gasteiger partial charge in [0.1, 0.15) is 0 Å². The van der Waals surface area contributed by atoms with E-state index in [9.17, 15) is 5.11 Å². The van der Waals surface area contributed by atoms with Gasteiger partial charge in [0.05, 0.1) is 6.10 Å². The van der Waals surface area contributed by atoms with Crippen molar-refractivity contribution in [1.82, 2.24) is 0 Å². The van der Waals surface area contributed by atoms with Gasteiger partial charge in [0.2, 0.25) is 0 Å². The Kier molecular flexibility index (Phi) is 7.50. The van der Waals surface area contributed by atoms with Crippen molar-refractivity contribution < 1.29 is 5.11 Å². The van der Waals surface area contributed by atoms with Crippen LogP contribution in [0.1, 0.15) is 70.1 Å². The average molecular weight is 260 g/mol. The number of unbranched alkanes of at least 4 members (excludes halogenated alkanes) is 4. The fourth-order valence-electron chi connectivity index (χ4n) is 2.22. The average Bonchev–Trinajstić information content (AvgIpc) is 2.46. The van der Waals surface area contributed by atoms with E-state index < -0.39 is 6.10 Å². The first-order valence-electron chi connectivity index (χ1n) is 7.58. The van der Waals surface area contributed by atoms with Crippen LogP contribution in [0.4, 0.5) is 0 Å². The van der Waals surface area contributed by atoms with Crippen LogP contribution in [-0.4, -0.2) is 5.11 Å². The minimum absolute atomic E-state index is 0.455. The maximum absolute atomic E-state index is 10.1. The predicted octanol–water partition coefficient (Wildman–Crippen LogP) is 5.20. The lowest BCUT2D eigenvalue weighted by Gasteiger charge is -2.12. The Morgan fingerprint density at radius 1 is 1.11 bits per heavy atom. The zero-order chi connectivity index (χ0) is 14.1. The van der Waals surface area contributed by atoms with Gasteiger partial charge >= 0.3 is 0 Å². The molecular weight excluding hydrogens is 232 g/mol. The molecule has 0 unspecified atom stereocenters. The summed E-state index contributed by atoms with van der Waals surface area (Å²) in [6.07, 6.45) is 9.28. The molecule has 0 saturated carbocycles. The minimum Gasteiger partial charge on any atom is -0.384 e. The van der Waals surface area contributed by atoms with E-state index in [2.05, 4.69) is 31.2 Å². The molecule has 0 fully saturated rings. The molecule has 1 N–H and O–H groups in total. The first-order valence-corrected chi connectivity index (χ1v) is 7.58. The molecule has 1 aromatic carbocycles. The van der Waals surface area contributed by atoms with Crippen LogP contribution in [0.25, 0.3) is 0 Å². The van der Waals surface area contributed by atoms with E-state index in [0.29, 0.717) is 0 Å². The molecule has 0 aliphatic rings. The lowest BCUT2D eigenvalue weighted by atomic mass is 9.99. The van der Waals surface area contributed by atoms with E-state index in [4.69, 9.17) is 0 Å². The van der Waals surface area contributed by atoms with Gasteiger partial charge in [-0.2, -0.15) is 0 Å². The first-order chi connectivity index (χ1) is 9.19. The Balaban J connectivity index is 2.43. The highest BCUT2D eigenvalue weighted by Crippen LogP contribution is 2.21. The van der Waals surface area contributed by atoms with Crippen molar-refractivity contribution in [3.63, 3.8) is 0 Å². The van der Waals surface area contributed by atoms with Crippen molar-refractivity contribution in [1.29, 1.82) is 0 Å². The zero-order valence-electron chi connectivity index (χ0n) is 12.7. The van der Waals surface area contributed by atoms with Gasteiger partial charge in [-0.25, -0.2) is 0 Å². The van der Waals surface area contributed by atoms with Gasteiger partial charge in [-0.05, 0) is 43.4 Å². The van der Waals surface area contributed by atoms with Crippen LogP contribution < -0.4 is 0 Å². The van der Waals surface area contributed by atoms with Crippen LogP contribution in [0, 0.1) is 0 Å². The van der Waals surface area contributed by atoms with Gasteiger partial charge in [-0.3, -0.25) is 0 Å². The molecule has 0 bridgehead atoms. The SMILES string of the molecule is C/C=C(\C)[C@@H](O)c1ccc(CCCCCCC)cc1. The van der Waals surface area contributed by atoms with Gasteiger partial charge in [0.25, 0.3) is 0 Å². The summed E-state index contributed by atoms with van der Waals surface area (Å²) in [6.45, 7) is 6.17. The fraction of sp³-hybridized carbons (Fsp3) is 0.556. The van der Waals surface area contributed by atoms with E-state index in [-0.39, 0.29) is 0 Å². The summed E-state index contributed by atoms with van der Waals surface area (Å²) in [5, 5.41) is 10.1. The molecule has 1 rings (SSSR count). The molecule has 1 nitrogen and oxygen atoms in total. The molecule has 0 aliphatic heterocycles. The Morgan fingerprint density at radius 2 is 1.74 bits per heavy atom. The molecule has 0 aromatic heterocycles. The van der Waals surface area contributed by atoms with E-state index >= 15 is 0 Å². The third kappa shape index (κ3) is 5.61. The predicted molar refractivity (Wildman–Crippen MR) is 83.3 cm³/mol. The second kappa shape index (κ2) is 8.92. The summed E-state index contributed by atoms with van der Waals surface area (Å²) in [5.41, 5.74) is 3.38. The summed E-state index contributed by atoms with van der Waals surface area (Å²) in [4.78, 5) is 0. The van der Waals surface area contributed by atoms with Gasteiger partial charge in [-0.15, -0.1) is 0 Å². The highest BCUT2D eigenvalue weighted by atomic mass is 16.3. The molecule has 0 aliphatic carbocycles. The highest BCUT2D eigenvalue weighted by molar-refractivity contribution is 5.28. The van der Waals surface area contributed by atoms with Crippen molar-refractivity contribution in [2.24, 2.45) is 0 Å². The highest BCUT2D eigenvalue weighted by Gasteiger charge is 2.08. The van der Waals surface area contributed by atoms with Crippen LogP contribution in [0.2, 0.25) is 0 Å². The standard InChI is InChI=1S/C18H28O/c1-4-6-7-8-9-10-16-11-13-17(14-12-16)18(19)15(3)5-2/h5,11-14,18-19H,4,6-10H2,1-3H3/b15-5+/t18-/m1/s1. The lowest BCUT2D eigenvalue weighted by molar-refractivity contribution is 0.215. The Labute approximate surface area is 118 Å². The maximum atomic E-state index is 10.1. The van der Waals surface area contributed by atoms with Gasteiger partial charge in [-0.1, -0.05) is 62.9 Å². The van der Waals surface area contributed by atoms with Crippen LogP contribution in [0.15, 0.2) is 35.9 Å². The van der Waals surface area contributed by atoms with Crippen LogP contribution >= 0.6 is 0 Å². The summed E-state index contributed by atoms with van der Waals surface area (Å²) in [5.74, 6) is 0. The summed E-state index contributed by atoms with van der Waals surface area (Å²) in [7, 11) is 0. The molecule has 0 spiro atoms. The number of benzene rings is 1. The molecule has 1 aromatic rings. The van der Waals surface area contributed by atoms with E-state index in [0.717, 1.165) is 17.6 Å². The van der Waals surface area contributed by atoms with Gasteiger partial charge < -0.3 is 5.11 Å². The summed E-state index contributed by atoms with van der Waals surface area (Å²) >= 11 is 0. The normalized spacial score (nSPS) is 13.6. The number of rotatable bonds is 8. The molecule has 0 saturated heterocycles. The molecule has 106 valence electrons. The number of aryl methyl sites for hydroxylation is 1. The summed E-state index contributed by atoms with van der Waals surface area (Å²) in [6, 6.07) is 8.42. The number of hydrogen-bond donors (Lipinski definition) is 1. The molecule has 19 heavy (non-hydrogen) atoms. The van der Waals surface area contributed by atoms with Gasteiger partial charge in [0, 0.05) is 0 Å². The smallest absolute Gasteiger partial charge is 0.0998 e. The summed E-state index contributed by atoms with van der Waals surface area (Å²) < 4.78 is 0. The van der Waals surface area contributed by atoms with Crippen LogP contribution in [0.5, 0.6) is 0 Å². The number of aliphatic hydroxyl groups is 1. The lowest BCUT2D eigenvalue weighted by Crippen LogP contribution is -1.99. The second-order valence-corrected chi connectivity index (χ2v) is 5.34. The quantitative estimate of drug-likeness (QED) is 0.503. The van der Waals surface area contributed by atoms with Gasteiger partial charge in [0.15, 0.2) is 0 Å². The number of allylic oxidation sites excluding steroid dienone is 1. The molecule has 1 atom stereocenters. The Bertz CT molecular complexity index is 375. The molecule has 0 heterocycles. The third-order valence-corrected chi connectivity index (χ3v) is 3.75. The molecule has 0 amide bonds.